The molecule has 1 fully saturated rings. The van der Waals surface area contributed by atoms with Gasteiger partial charge in [-0.25, -0.2) is 4.79 Å². The second-order valence-corrected chi connectivity index (χ2v) is 13.0. The van der Waals surface area contributed by atoms with Gasteiger partial charge in [0.15, 0.2) is 5.96 Å². The summed E-state index contributed by atoms with van der Waals surface area (Å²) in [5.41, 5.74) is 24.6. The van der Waals surface area contributed by atoms with Crippen LogP contribution in [0.4, 0.5) is 13.2 Å². The largest absolute Gasteiger partial charge is 0.490 e. The van der Waals surface area contributed by atoms with Crippen LogP contribution in [-0.4, -0.2) is 65.4 Å². The first-order valence-electron chi connectivity index (χ1n) is 17.2. The van der Waals surface area contributed by atoms with Gasteiger partial charge in [0.1, 0.15) is 17.9 Å². The molecule has 0 aromatic heterocycles. The number of benzene rings is 3. The first kappa shape index (κ1) is 41.7. The van der Waals surface area contributed by atoms with Gasteiger partial charge in [0.2, 0.25) is 17.7 Å². The maximum Gasteiger partial charge on any atom is 0.490 e. The number of nitrogen functional groups attached to an aromatic ring is 1. The van der Waals surface area contributed by atoms with Gasteiger partial charge >= 0.3 is 12.1 Å². The minimum atomic E-state index is -5.08. The van der Waals surface area contributed by atoms with Crippen LogP contribution in [0.15, 0.2) is 71.7 Å². The Hall–Kier alpha value is -5.67. The highest BCUT2D eigenvalue weighted by Gasteiger charge is 2.38. The molecule has 3 atom stereocenters. The molecule has 3 amide bonds. The van der Waals surface area contributed by atoms with Crippen molar-refractivity contribution in [3.8, 4) is 0 Å². The van der Waals surface area contributed by atoms with Crippen molar-refractivity contribution < 1.29 is 37.5 Å². The van der Waals surface area contributed by atoms with E-state index in [2.05, 4.69) is 15.6 Å². The van der Waals surface area contributed by atoms with E-state index in [0.29, 0.717) is 18.4 Å². The number of primary amides is 1. The van der Waals surface area contributed by atoms with Gasteiger partial charge < -0.3 is 38.7 Å². The number of carboxylic acids is 1. The van der Waals surface area contributed by atoms with Gasteiger partial charge in [-0.2, -0.15) is 13.2 Å². The zero-order chi connectivity index (χ0) is 39.1. The number of amides is 3. The molecule has 53 heavy (non-hydrogen) atoms. The van der Waals surface area contributed by atoms with E-state index in [0.717, 1.165) is 54.0 Å². The molecule has 1 aliphatic rings. The lowest BCUT2D eigenvalue weighted by Crippen LogP contribution is -2.55. The maximum atomic E-state index is 14.2. The van der Waals surface area contributed by atoms with Crippen molar-refractivity contribution in [1.29, 1.82) is 5.41 Å². The summed E-state index contributed by atoms with van der Waals surface area (Å²) in [7, 11) is 0. The van der Waals surface area contributed by atoms with E-state index < -0.39 is 36.0 Å². The van der Waals surface area contributed by atoms with E-state index in [-0.39, 0.29) is 48.9 Å². The van der Waals surface area contributed by atoms with Gasteiger partial charge in [-0.1, -0.05) is 86.0 Å². The highest BCUT2D eigenvalue weighted by molar-refractivity contribution is 5.95. The van der Waals surface area contributed by atoms with Crippen molar-refractivity contribution in [2.75, 3.05) is 6.54 Å². The summed E-state index contributed by atoms with van der Waals surface area (Å²) in [6.07, 6.45) is 1.44. The predicted octanol–water partition coefficient (Wildman–Crippen LogP) is 3.25. The summed E-state index contributed by atoms with van der Waals surface area (Å²) in [5.74, 6) is -4.38. The molecule has 1 saturated carbocycles. The first-order valence-corrected chi connectivity index (χ1v) is 17.2. The van der Waals surface area contributed by atoms with Crippen molar-refractivity contribution in [1.82, 2.24) is 10.6 Å². The van der Waals surface area contributed by atoms with E-state index in [1.807, 2.05) is 54.6 Å². The molecule has 0 saturated heterocycles. The third-order valence-corrected chi connectivity index (χ3v) is 9.01. The molecule has 0 heterocycles. The molecule has 13 nitrogen and oxygen atoms in total. The van der Waals surface area contributed by atoms with E-state index in [4.69, 9.17) is 38.2 Å². The van der Waals surface area contributed by atoms with Crippen LogP contribution in [0, 0.1) is 17.2 Å². The van der Waals surface area contributed by atoms with Crippen LogP contribution in [0.25, 0.3) is 10.8 Å². The molecule has 3 aromatic carbocycles. The first-order chi connectivity index (χ1) is 25.0. The van der Waals surface area contributed by atoms with Crippen LogP contribution in [0.1, 0.15) is 61.6 Å². The zero-order valence-corrected chi connectivity index (χ0v) is 29.2. The number of aliphatic carboxylic acids is 1. The molecule has 0 unspecified atom stereocenters. The van der Waals surface area contributed by atoms with Crippen LogP contribution >= 0.6 is 0 Å². The molecule has 4 rings (SSSR count). The molecule has 0 bridgehead atoms. The topological polar surface area (TPSA) is 253 Å². The number of nitrogens with one attached hydrogen (secondary N) is 3. The number of fused-ring (bicyclic) bond motifs is 1. The molecule has 0 radical (unpaired) electrons. The summed E-state index contributed by atoms with van der Waals surface area (Å²) in [6, 6.07) is 19.4. The van der Waals surface area contributed by atoms with Gasteiger partial charge in [-0.15, -0.1) is 0 Å². The highest BCUT2D eigenvalue weighted by atomic mass is 19.4. The Balaban J connectivity index is 0.000000980. The molecule has 0 spiro atoms. The number of nitrogens with zero attached hydrogens (tertiary/aromatic N) is 1. The summed E-state index contributed by atoms with van der Waals surface area (Å²) >= 11 is 0. The average molecular weight is 741 g/mol. The summed E-state index contributed by atoms with van der Waals surface area (Å²) in [6.45, 7) is 0.287. The Morgan fingerprint density at radius 3 is 1.96 bits per heavy atom. The van der Waals surface area contributed by atoms with Crippen LogP contribution < -0.4 is 33.6 Å². The van der Waals surface area contributed by atoms with Crippen molar-refractivity contribution in [2.45, 2.75) is 76.0 Å². The van der Waals surface area contributed by atoms with Gasteiger partial charge in [0, 0.05) is 24.4 Å². The minimum absolute atomic E-state index is 0.0128. The third-order valence-electron chi connectivity index (χ3n) is 9.01. The number of hydrogen-bond donors (Lipinski definition) is 8. The molecular weight excluding hydrogens is 693 g/mol. The number of alkyl halides is 3. The standard InChI is InChI=1S/C35H46N8O3.C2HF3O2/c36-31(37)26-16-12-22(13-17-26)20-28(25-8-2-1-3-9-25)33(45)43-30(21-23-14-15-24-7-4-5-10-27(24)19-23)34(46)42-29(32(38)44)11-6-18-41-35(39)40;3-2(4,5)1(6)7/h4-5,7,10,12-17,19,25,28-30H,1-3,6,8-9,11,18,20-21H2,(H3,36,37)(H2,38,44)(H,42,46)(H,43,45)(H4,39,40,41);(H,6,7)/t28-,29+,30+;/m1./s1. The summed E-state index contributed by atoms with van der Waals surface area (Å²) in [5, 5.41) is 22.8. The quantitative estimate of drug-likeness (QED) is 0.0651. The Morgan fingerprint density at radius 2 is 1.40 bits per heavy atom. The molecule has 0 aliphatic heterocycles. The Kier molecular flexibility index (Phi) is 15.6. The summed E-state index contributed by atoms with van der Waals surface area (Å²) < 4.78 is 31.7. The van der Waals surface area contributed by atoms with E-state index in [9.17, 15) is 27.6 Å². The van der Waals surface area contributed by atoms with Crippen LogP contribution in [0.2, 0.25) is 0 Å². The fraction of sp³-hybridized carbons (Fsp3) is 0.405. The van der Waals surface area contributed by atoms with Gasteiger partial charge in [0.05, 0.1) is 0 Å². The molecule has 286 valence electrons. The molecule has 3 aromatic rings. The second kappa shape index (κ2) is 19.8. The lowest BCUT2D eigenvalue weighted by atomic mass is 9.76. The Labute approximate surface area is 305 Å². The number of halogens is 3. The van der Waals surface area contributed by atoms with E-state index in [1.165, 1.54) is 0 Å². The zero-order valence-electron chi connectivity index (χ0n) is 29.2. The Bertz CT molecular complexity index is 1760. The molecule has 16 heteroatoms. The molecular formula is C37H47F3N8O5. The molecule has 1 aliphatic carbocycles. The number of guanidine groups is 1. The van der Waals surface area contributed by atoms with Gasteiger partial charge in [-0.3, -0.25) is 24.8 Å². The monoisotopic (exact) mass is 740 g/mol. The lowest BCUT2D eigenvalue weighted by Gasteiger charge is -2.31. The number of carbonyl (C=O) groups is 4. The number of carbonyl (C=O) groups excluding carboxylic acids is 3. The summed E-state index contributed by atoms with van der Waals surface area (Å²) in [4.78, 5) is 53.1. The number of hydrogen-bond acceptors (Lipinski definition) is 6. The van der Waals surface area contributed by atoms with Crippen molar-refractivity contribution in [2.24, 2.45) is 39.8 Å². The van der Waals surface area contributed by atoms with Gasteiger partial charge in [-0.05, 0) is 59.9 Å². The second-order valence-electron chi connectivity index (χ2n) is 13.0. The lowest BCUT2D eigenvalue weighted by molar-refractivity contribution is -0.192. The normalized spacial score (nSPS) is 14.8. The third kappa shape index (κ3) is 13.8. The number of carboxylic acid groups (broad SMARTS) is 1. The van der Waals surface area contributed by atoms with E-state index >= 15 is 0 Å². The number of nitrogens with two attached hydrogens (primary N) is 4. The SMILES string of the molecule is N=C(N)c1ccc(C[C@@H](C(=O)N[C@@H](Cc2ccc3ccccc3c2)C(=O)N[C@@H](CCCN=C(N)N)C(N)=O)C2CCCCC2)cc1.O=C(O)C(F)(F)F. The fourth-order valence-electron chi connectivity index (χ4n) is 6.24. The Morgan fingerprint density at radius 1 is 0.811 bits per heavy atom. The van der Waals surface area contributed by atoms with Crippen LogP contribution in [0.3, 0.4) is 0 Å². The van der Waals surface area contributed by atoms with Crippen molar-refractivity contribution >= 4 is 46.3 Å². The highest BCUT2D eigenvalue weighted by Crippen LogP contribution is 2.32. The van der Waals surface area contributed by atoms with Gasteiger partial charge in [0.25, 0.3) is 0 Å². The minimum Gasteiger partial charge on any atom is -0.475 e. The number of aliphatic imine (C=N–C) groups is 1. The van der Waals surface area contributed by atoms with Crippen LogP contribution in [0.5, 0.6) is 0 Å². The maximum absolute atomic E-state index is 14.2. The number of rotatable bonds is 15. The predicted molar refractivity (Wildman–Crippen MR) is 196 cm³/mol. The average Bonchev–Trinajstić information content (AvgIpc) is 3.11. The van der Waals surface area contributed by atoms with Crippen LogP contribution in [-0.2, 0) is 32.0 Å². The van der Waals surface area contributed by atoms with Crippen molar-refractivity contribution in [3.63, 3.8) is 0 Å². The number of amidine groups is 1. The fourth-order valence-corrected chi connectivity index (χ4v) is 6.24. The molecule has 12 N–H and O–H groups in total. The van der Waals surface area contributed by atoms with Crippen molar-refractivity contribution in [3.05, 3.63) is 83.4 Å². The smallest absolute Gasteiger partial charge is 0.475 e. The van der Waals surface area contributed by atoms with E-state index in [1.54, 1.807) is 12.1 Å².